The molecule has 0 bridgehead atoms. The van der Waals surface area contributed by atoms with Gasteiger partial charge in [0.05, 0.1) is 26.9 Å². The second-order valence-corrected chi connectivity index (χ2v) is 8.44. The summed E-state index contributed by atoms with van der Waals surface area (Å²) in [6.45, 7) is 12.7. The van der Waals surface area contributed by atoms with Crippen LogP contribution in [0.2, 0.25) is 0 Å². The highest BCUT2D eigenvalue weighted by molar-refractivity contribution is 5.80. The number of methoxy groups -OCH3 is 1. The third-order valence-electron chi connectivity index (χ3n) is 5.96. The number of nitrogens with zero attached hydrogens (tertiary/aromatic N) is 2. The molecule has 156 valence electrons. The lowest BCUT2D eigenvalue weighted by molar-refractivity contribution is -0.00683. The predicted molar refractivity (Wildman–Crippen MR) is 114 cm³/mol. The maximum atomic E-state index is 5.60. The minimum atomic E-state index is 0.0199. The van der Waals surface area contributed by atoms with Gasteiger partial charge in [0.2, 0.25) is 0 Å². The van der Waals surface area contributed by atoms with Crippen LogP contribution in [0.5, 0.6) is 5.75 Å². The van der Waals surface area contributed by atoms with E-state index in [1.54, 1.807) is 7.11 Å². The van der Waals surface area contributed by atoms with Gasteiger partial charge in [-0.3, -0.25) is 9.89 Å². The van der Waals surface area contributed by atoms with E-state index in [4.69, 9.17) is 14.5 Å². The summed E-state index contributed by atoms with van der Waals surface area (Å²) >= 11 is 0. The first-order valence-electron chi connectivity index (χ1n) is 10.5. The Labute approximate surface area is 169 Å². The van der Waals surface area contributed by atoms with Crippen molar-refractivity contribution in [1.29, 1.82) is 0 Å². The van der Waals surface area contributed by atoms with Crippen molar-refractivity contribution < 1.29 is 9.47 Å². The van der Waals surface area contributed by atoms with Crippen molar-refractivity contribution in [3.05, 3.63) is 29.8 Å². The monoisotopic (exact) mass is 388 g/mol. The van der Waals surface area contributed by atoms with Crippen LogP contribution in [-0.2, 0) is 10.2 Å². The molecule has 0 radical (unpaired) electrons. The Hall–Kier alpha value is -1.79. The number of hydrogen-bond acceptors (Lipinski definition) is 4. The first-order valence-corrected chi connectivity index (χ1v) is 10.5. The number of hydrogen-bond donors (Lipinski definition) is 2. The van der Waals surface area contributed by atoms with Gasteiger partial charge in [0.25, 0.3) is 0 Å². The van der Waals surface area contributed by atoms with Gasteiger partial charge in [-0.25, -0.2) is 0 Å². The molecule has 6 nitrogen and oxygen atoms in total. The average Bonchev–Trinajstić information content (AvgIpc) is 3.52. The molecule has 0 unspecified atom stereocenters. The highest BCUT2D eigenvalue weighted by Gasteiger charge is 2.46. The molecule has 1 aromatic rings. The summed E-state index contributed by atoms with van der Waals surface area (Å²) < 4.78 is 11.1. The van der Waals surface area contributed by atoms with Crippen molar-refractivity contribution in [2.45, 2.75) is 44.6 Å². The molecular weight excluding hydrogens is 352 g/mol. The largest absolute Gasteiger partial charge is 0.496 e. The lowest BCUT2D eigenvalue weighted by Gasteiger charge is -2.40. The van der Waals surface area contributed by atoms with E-state index in [9.17, 15) is 0 Å². The van der Waals surface area contributed by atoms with Crippen LogP contribution in [0.3, 0.4) is 0 Å². The maximum absolute atomic E-state index is 5.60. The summed E-state index contributed by atoms with van der Waals surface area (Å²) in [5.41, 5.74) is 1.48. The summed E-state index contributed by atoms with van der Waals surface area (Å²) in [5, 5.41) is 6.99. The van der Waals surface area contributed by atoms with Crippen LogP contribution in [0.15, 0.2) is 29.3 Å². The number of morpholine rings is 1. The Balaban J connectivity index is 1.63. The maximum Gasteiger partial charge on any atom is 0.191 e. The van der Waals surface area contributed by atoms with Crippen molar-refractivity contribution in [2.75, 3.05) is 53.0 Å². The van der Waals surface area contributed by atoms with Gasteiger partial charge < -0.3 is 20.1 Å². The molecule has 2 N–H and O–H groups in total. The van der Waals surface area contributed by atoms with Gasteiger partial charge >= 0.3 is 0 Å². The van der Waals surface area contributed by atoms with Gasteiger partial charge in [-0.05, 0) is 39.7 Å². The van der Waals surface area contributed by atoms with Gasteiger partial charge in [0.1, 0.15) is 5.75 Å². The standard InChI is InChI=1S/C22H36N4O2/c1-5-23-20(24-16-21(2,3)26-12-14-28-15-13-26)25-17-22(10-11-22)18-8-6-7-9-19(18)27-4/h6-9H,5,10-17H2,1-4H3,(H2,23,24,25). The Morgan fingerprint density at radius 3 is 2.57 bits per heavy atom. The van der Waals surface area contributed by atoms with E-state index >= 15 is 0 Å². The first kappa shape index (κ1) is 20.9. The van der Waals surface area contributed by atoms with Gasteiger partial charge in [-0.1, -0.05) is 18.2 Å². The normalized spacial score (nSPS) is 19.9. The second kappa shape index (κ2) is 9.14. The molecule has 2 fully saturated rings. The molecule has 0 aromatic heterocycles. The van der Waals surface area contributed by atoms with E-state index in [1.807, 2.05) is 6.07 Å². The number of para-hydroxylation sites is 1. The Bertz CT molecular complexity index is 664. The van der Waals surface area contributed by atoms with Crippen LogP contribution < -0.4 is 15.4 Å². The fourth-order valence-electron chi connectivity index (χ4n) is 3.91. The molecule has 0 spiro atoms. The van der Waals surface area contributed by atoms with E-state index in [1.165, 1.54) is 18.4 Å². The van der Waals surface area contributed by atoms with Crippen molar-refractivity contribution in [3.63, 3.8) is 0 Å². The van der Waals surface area contributed by atoms with E-state index in [-0.39, 0.29) is 11.0 Å². The molecule has 6 heteroatoms. The van der Waals surface area contributed by atoms with Crippen molar-refractivity contribution in [2.24, 2.45) is 4.99 Å². The molecule has 1 aliphatic heterocycles. The topological polar surface area (TPSA) is 58.1 Å². The summed E-state index contributed by atoms with van der Waals surface area (Å²) in [6.07, 6.45) is 2.36. The van der Waals surface area contributed by atoms with E-state index in [0.717, 1.165) is 57.6 Å². The molecule has 0 amide bonds. The lowest BCUT2D eigenvalue weighted by atomic mass is 9.95. The molecule has 0 atom stereocenters. The molecule has 1 saturated heterocycles. The van der Waals surface area contributed by atoms with E-state index in [0.29, 0.717) is 0 Å². The first-order chi connectivity index (χ1) is 13.5. The van der Waals surface area contributed by atoms with Crippen molar-refractivity contribution in [1.82, 2.24) is 15.5 Å². The fourth-order valence-corrected chi connectivity index (χ4v) is 3.91. The second-order valence-electron chi connectivity index (χ2n) is 8.44. The smallest absolute Gasteiger partial charge is 0.191 e. The third kappa shape index (κ3) is 4.97. The highest BCUT2D eigenvalue weighted by atomic mass is 16.5. The number of guanidine groups is 1. The van der Waals surface area contributed by atoms with Crippen LogP contribution in [0.1, 0.15) is 39.2 Å². The Morgan fingerprint density at radius 2 is 1.93 bits per heavy atom. The van der Waals surface area contributed by atoms with E-state index in [2.05, 4.69) is 54.5 Å². The van der Waals surface area contributed by atoms with Gasteiger partial charge in [-0.15, -0.1) is 0 Å². The molecular formula is C22H36N4O2. The molecule has 1 aromatic carbocycles. The van der Waals surface area contributed by atoms with Crippen LogP contribution in [0, 0.1) is 0 Å². The van der Waals surface area contributed by atoms with E-state index < -0.39 is 0 Å². The van der Waals surface area contributed by atoms with Crippen molar-refractivity contribution in [3.8, 4) is 5.75 Å². The molecule has 1 saturated carbocycles. The number of rotatable bonds is 8. The minimum absolute atomic E-state index is 0.0199. The van der Waals surface area contributed by atoms with Crippen LogP contribution in [0.4, 0.5) is 0 Å². The summed E-state index contributed by atoms with van der Waals surface area (Å²) in [4.78, 5) is 7.38. The summed E-state index contributed by atoms with van der Waals surface area (Å²) in [5.74, 6) is 1.88. The van der Waals surface area contributed by atoms with Crippen LogP contribution in [-0.4, -0.2) is 69.4 Å². The van der Waals surface area contributed by atoms with Crippen LogP contribution in [0.25, 0.3) is 0 Å². The number of aliphatic imine (C=N–C) groups is 1. The summed E-state index contributed by atoms with van der Waals surface area (Å²) in [6, 6.07) is 8.38. The molecule has 1 aliphatic carbocycles. The predicted octanol–water partition coefficient (Wildman–Crippen LogP) is 2.39. The zero-order valence-electron chi connectivity index (χ0n) is 17.9. The molecule has 2 aliphatic rings. The zero-order chi connectivity index (χ0) is 20.0. The number of nitrogens with one attached hydrogen (secondary N) is 2. The molecule has 3 rings (SSSR count). The van der Waals surface area contributed by atoms with Gasteiger partial charge in [0, 0.05) is 42.7 Å². The lowest BCUT2D eigenvalue weighted by Crippen LogP contribution is -2.52. The van der Waals surface area contributed by atoms with Crippen LogP contribution >= 0.6 is 0 Å². The fraction of sp³-hybridized carbons (Fsp3) is 0.682. The third-order valence-corrected chi connectivity index (χ3v) is 5.96. The average molecular weight is 389 g/mol. The number of benzene rings is 1. The Kier molecular flexibility index (Phi) is 6.83. The number of ether oxygens (including phenoxy) is 2. The van der Waals surface area contributed by atoms with Gasteiger partial charge in [0.15, 0.2) is 5.96 Å². The Morgan fingerprint density at radius 1 is 1.21 bits per heavy atom. The van der Waals surface area contributed by atoms with Gasteiger partial charge in [-0.2, -0.15) is 0 Å². The molecule has 1 heterocycles. The molecule has 28 heavy (non-hydrogen) atoms. The highest BCUT2D eigenvalue weighted by Crippen LogP contribution is 2.50. The quantitative estimate of drug-likeness (QED) is 0.529. The summed E-state index contributed by atoms with van der Waals surface area (Å²) in [7, 11) is 1.75. The SMILES string of the molecule is CCNC(=NCC(C)(C)N1CCOCC1)NCC1(c2ccccc2OC)CC1. The minimum Gasteiger partial charge on any atom is -0.496 e. The zero-order valence-corrected chi connectivity index (χ0v) is 17.9. The van der Waals surface area contributed by atoms with Crippen molar-refractivity contribution >= 4 is 5.96 Å².